The van der Waals surface area contributed by atoms with Gasteiger partial charge < -0.3 is 24.8 Å². The van der Waals surface area contributed by atoms with Gasteiger partial charge in [0.25, 0.3) is 0 Å². The van der Waals surface area contributed by atoms with E-state index >= 15 is 0 Å². The van der Waals surface area contributed by atoms with E-state index in [1.165, 1.54) is 12.7 Å². The van der Waals surface area contributed by atoms with Gasteiger partial charge in [0.05, 0.1) is 18.7 Å². The standard InChI is InChI=1S/C21H24N2O4/c1-3-12(11-24)15-9-19-20-14(16-8-13(25)4-5-18(16)22-20)6-7-23(19)10-17(15)21(26)27-2/h3-5,8,10,12,15,19,22,24-25H,1,6-7,9,11H2,2H3/t12-,15-,19-/m0/s1. The van der Waals surface area contributed by atoms with Crippen molar-refractivity contribution >= 4 is 16.9 Å². The lowest BCUT2D eigenvalue weighted by molar-refractivity contribution is -0.137. The first-order valence-corrected chi connectivity index (χ1v) is 9.20. The minimum atomic E-state index is -0.355. The maximum absolute atomic E-state index is 12.3. The Hall–Kier alpha value is -2.73. The molecule has 2 aliphatic heterocycles. The number of phenols is 1. The van der Waals surface area contributed by atoms with E-state index in [-0.39, 0.29) is 36.2 Å². The van der Waals surface area contributed by atoms with Crippen molar-refractivity contribution in [1.82, 2.24) is 9.88 Å². The molecule has 0 saturated heterocycles. The van der Waals surface area contributed by atoms with Crippen molar-refractivity contribution in [1.29, 1.82) is 0 Å². The predicted octanol–water partition coefficient (Wildman–Crippen LogP) is 2.64. The van der Waals surface area contributed by atoms with Gasteiger partial charge in [-0.3, -0.25) is 0 Å². The molecule has 0 aliphatic carbocycles. The van der Waals surface area contributed by atoms with Gasteiger partial charge in [-0.2, -0.15) is 0 Å². The third kappa shape index (κ3) is 2.80. The summed E-state index contributed by atoms with van der Waals surface area (Å²) >= 11 is 0. The molecule has 27 heavy (non-hydrogen) atoms. The third-order valence-electron chi connectivity index (χ3n) is 5.91. The van der Waals surface area contributed by atoms with Gasteiger partial charge in [0.15, 0.2) is 0 Å². The highest BCUT2D eigenvalue weighted by Gasteiger charge is 2.40. The number of aromatic amines is 1. The molecule has 0 fully saturated rings. The highest BCUT2D eigenvalue weighted by atomic mass is 16.5. The minimum Gasteiger partial charge on any atom is -0.508 e. The van der Waals surface area contributed by atoms with E-state index in [0.717, 1.165) is 29.6 Å². The Bertz CT molecular complexity index is 930. The molecule has 0 amide bonds. The van der Waals surface area contributed by atoms with Crippen LogP contribution in [0.15, 0.2) is 42.6 Å². The summed E-state index contributed by atoms with van der Waals surface area (Å²) in [6, 6.07) is 5.46. The van der Waals surface area contributed by atoms with E-state index in [2.05, 4.69) is 16.5 Å². The van der Waals surface area contributed by atoms with Gasteiger partial charge in [0, 0.05) is 47.8 Å². The number of carbonyl (C=O) groups is 1. The van der Waals surface area contributed by atoms with Gasteiger partial charge in [-0.05, 0) is 36.6 Å². The maximum Gasteiger partial charge on any atom is 0.335 e. The quantitative estimate of drug-likeness (QED) is 0.571. The molecule has 1 aromatic carbocycles. The number of esters is 1. The highest BCUT2D eigenvalue weighted by molar-refractivity contribution is 5.89. The molecule has 1 aromatic heterocycles. The highest BCUT2D eigenvalue weighted by Crippen LogP contribution is 2.45. The Morgan fingerprint density at radius 2 is 2.33 bits per heavy atom. The van der Waals surface area contributed by atoms with Crippen LogP contribution in [0, 0.1) is 11.8 Å². The molecule has 0 unspecified atom stereocenters. The number of ether oxygens (including phenoxy) is 1. The largest absolute Gasteiger partial charge is 0.508 e. The van der Waals surface area contributed by atoms with Crippen molar-refractivity contribution in [2.24, 2.45) is 11.8 Å². The number of methoxy groups -OCH3 is 1. The van der Waals surface area contributed by atoms with Crippen LogP contribution in [0.4, 0.5) is 0 Å². The average Bonchev–Trinajstić information content (AvgIpc) is 3.06. The van der Waals surface area contributed by atoms with E-state index in [9.17, 15) is 15.0 Å². The minimum absolute atomic E-state index is 0.0668. The average molecular weight is 368 g/mol. The lowest BCUT2D eigenvalue weighted by Crippen LogP contribution is -2.40. The second-order valence-electron chi connectivity index (χ2n) is 7.25. The first-order valence-electron chi connectivity index (χ1n) is 9.20. The summed E-state index contributed by atoms with van der Waals surface area (Å²) in [5.41, 5.74) is 3.93. The first-order chi connectivity index (χ1) is 13.1. The van der Waals surface area contributed by atoms with Crippen LogP contribution in [0.1, 0.15) is 23.7 Å². The summed E-state index contributed by atoms with van der Waals surface area (Å²) < 4.78 is 4.98. The molecule has 6 heteroatoms. The normalized spacial score (nSPS) is 22.6. The second-order valence-corrected chi connectivity index (χ2v) is 7.25. The van der Waals surface area contributed by atoms with Gasteiger partial charge in [0.2, 0.25) is 0 Å². The lowest BCUT2D eigenvalue weighted by atomic mass is 9.77. The number of nitrogens with zero attached hydrogens (tertiary/aromatic N) is 1. The second kappa shape index (κ2) is 6.78. The summed E-state index contributed by atoms with van der Waals surface area (Å²) in [5.74, 6) is -0.470. The number of benzene rings is 1. The summed E-state index contributed by atoms with van der Waals surface area (Å²) in [4.78, 5) is 18.0. The van der Waals surface area contributed by atoms with E-state index in [1.54, 1.807) is 18.2 Å². The van der Waals surface area contributed by atoms with E-state index in [1.807, 2.05) is 12.3 Å². The molecular weight excluding hydrogens is 344 g/mol. The molecule has 0 spiro atoms. The predicted molar refractivity (Wildman–Crippen MR) is 102 cm³/mol. The van der Waals surface area contributed by atoms with Crippen molar-refractivity contribution < 1.29 is 19.7 Å². The molecule has 0 saturated carbocycles. The molecular formula is C21H24N2O4. The van der Waals surface area contributed by atoms with E-state index in [0.29, 0.717) is 12.0 Å². The number of phenolic OH excluding ortho intramolecular Hbond substituents is 1. The molecule has 4 rings (SSSR count). The smallest absolute Gasteiger partial charge is 0.335 e. The van der Waals surface area contributed by atoms with Gasteiger partial charge in [-0.25, -0.2) is 4.79 Å². The van der Waals surface area contributed by atoms with Gasteiger partial charge in [0.1, 0.15) is 5.75 Å². The number of H-pyrrole nitrogens is 1. The number of fused-ring (bicyclic) bond motifs is 5. The summed E-state index contributed by atoms with van der Waals surface area (Å²) in [5, 5.41) is 20.7. The molecule has 3 heterocycles. The fourth-order valence-corrected chi connectivity index (χ4v) is 4.52. The number of carbonyl (C=O) groups excluding carboxylic acids is 1. The number of nitrogens with one attached hydrogen (secondary N) is 1. The Morgan fingerprint density at radius 3 is 3.04 bits per heavy atom. The Balaban J connectivity index is 1.80. The number of hydrogen-bond acceptors (Lipinski definition) is 5. The fraction of sp³-hybridized carbons (Fsp3) is 0.381. The van der Waals surface area contributed by atoms with Gasteiger partial charge in [-0.15, -0.1) is 6.58 Å². The molecule has 3 N–H and O–H groups in total. The van der Waals surface area contributed by atoms with Crippen LogP contribution >= 0.6 is 0 Å². The number of aromatic hydroxyl groups is 1. The van der Waals surface area contributed by atoms with Crippen molar-refractivity contribution in [2.45, 2.75) is 18.9 Å². The summed E-state index contributed by atoms with van der Waals surface area (Å²) in [6.07, 6.45) is 5.12. The van der Waals surface area contributed by atoms with E-state index in [4.69, 9.17) is 4.74 Å². The number of rotatable bonds is 4. The lowest BCUT2D eigenvalue weighted by Gasteiger charge is -2.43. The molecule has 6 nitrogen and oxygen atoms in total. The Morgan fingerprint density at radius 1 is 1.52 bits per heavy atom. The molecule has 0 bridgehead atoms. The van der Waals surface area contributed by atoms with Crippen molar-refractivity contribution in [2.75, 3.05) is 20.3 Å². The molecule has 2 aromatic rings. The monoisotopic (exact) mass is 368 g/mol. The third-order valence-corrected chi connectivity index (χ3v) is 5.91. The molecule has 142 valence electrons. The van der Waals surface area contributed by atoms with Crippen LogP contribution in [-0.4, -0.2) is 46.3 Å². The number of aliphatic hydroxyl groups is 1. The fourth-order valence-electron chi connectivity index (χ4n) is 4.52. The molecule has 2 aliphatic rings. The maximum atomic E-state index is 12.3. The van der Waals surface area contributed by atoms with Crippen LogP contribution in [0.3, 0.4) is 0 Å². The number of aromatic nitrogens is 1. The zero-order valence-corrected chi connectivity index (χ0v) is 15.3. The van der Waals surface area contributed by atoms with Crippen LogP contribution in [-0.2, 0) is 16.0 Å². The molecule has 3 atom stereocenters. The van der Waals surface area contributed by atoms with Crippen molar-refractivity contribution in [3.05, 3.63) is 53.9 Å². The van der Waals surface area contributed by atoms with Crippen molar-refractivity contribution in [3.8, 4) is 5.75 Å². The van der Waals surface area contributed by atoms with Crippen LogP contribution in [0.2, 0.25) is 0 Å². The first kappa shape index (κ1) is 17.7. The Kier molecular flexibility index (Phi) is 4.44. The molecule has 0 radical (unpaired) electrons. The van der Waals surface area contributed by atoms with Crippen LogP contribution in [0.25, 0.3) is 10.9 Å². The zero-order valence-electron chi connectivity index (χ0n) is 15.3. The van der Waals surface area contributed by atoms with Crippen LogP contribution < -0.4 is 0 Å². The zero-order chi connectivity index (χ0) is 19.1. The topological polar surface area (TPSA) is 85.8 Å². The van der Waals surface area contributed by atoms with Gasteiger partial charge >= 0.3 is 5.97 Å². The number of hydrogen-bond donors (Lipinski definition) is 3. The van der Waals surface area contributed by atoms with Crippen molar-refractivity contribution in [3.63, 3.8) is 0 Å². The Labute approximate surface area is 157 Å². The summed E-state index contributed by atoms with van der Waals surface area (Å²) in [7, 11) is 1.38. The summed E-state index contributed by atoms with van der Waals surface area (Å²) in [6.45, 7) is 4.55. The SMILES string of the molecule is C=C[C@@H](CO)[C@@H]1C[C@H]2c3[nH]c4ccc(O)cc4c3CCN2C=C1C(=O)OC. The van der Waals surface area contributed by atoms with E-state index < -0.39 is 0 Å². The van der Waals surface area contributed by atoms with Gasteiger partial charge in [-0.1, -0.05) is 6.08 Å². The number of aliphatic hydroxyl groups excluding tert-OH is 1. The van der Waals surface area contributed by atoms with Crippen LogP contribution in [0.5, 0.6) is 5.75 Å².